The maximum absolute atomic E-state index is 13.5. The van der Waals surface area contributed by atoms with Crippen LogP contribution in [-0.4, -0.2) is 92.6 Å². The molecule has 5 heterocycles. The van der Waals surface area contributed by atoms with Gasteiger partial charge in [-0.1, -0.05) is 62.4 Å². The first-order chi connectivity index (χ1) is 25.6. The van der Waals surface area contributed by atoms with Crippen LogP contribution in [0.1, 0.15) is 76.1 Å². The molecule has 2 aromatic carbocycles. The van der Waals surface area contributed by atoms with E-state index in [0.29, 0.717) is 13.0 Å². The molecule has 14 heteroatoms. The van der Waals surface area contributed by atoms with Gasteiger partial charge in [0.05, 0.1) is 50.1 Å². The lowest BCUT2D eigenvalue weighted by Crippen LogP contribution is -2.54. The van der Waals surface area contributed by atoms with Crippen molar-refractivity contribution in [1.29, 1.82) is 0 Å². The second-order valence-corrected chi connectivity index (χ2v) is 14.3. The van der Waals surface area contributed by atoms with Gasteiger partial charge in [0, 0.05) is 12.6 Å². The number of likely N-dealkylation sites (tertiary alicyclic amines) is 1. The number of nitrogens with zero attached hydrogens (tertiary/aromatic N) is 4. The number of aromatic amines is 2. The summed E-state index contributed by atoms with van der Waals surface area (Å²) in [5.41, 5.74) is 5.82. The summed E-state index contributed by atoms with van der Waals surface area (Å²) >= 11 is 0. The van der Waals surface area contributed by atoms with E-state index in [1.54, 1.807) is 11.1 Å². The van der Waals surface area contributed by atoms with Crippen molar-refractivity contribution in [1.82, 2.24) is 40.4 Å². The van der Waals surface area contributed by atoms with E-state index in [9.17, 15) is 19.2 Å². The summed E-state index contributed by atoms with van der Waals surface area (Å²) in [6.07, 6.45) is 7.18. The van der Waals surface area contributed by atoms with Gasteiger partial charge in [-0.15, -0.1) is 0 Å². The quantitative estimate of drug-likeness (QED) is 0.170. The van der Waals surface area contributed by atoms with Crippen LogP contribution < -0.4 is 10.6 Å². The Bertz CT molecular complexity index is 1950. The molecular formula is C39H46N8O6. The maximum atomic E-state index is 13.5. The molecule has 0 saturated carbocycles. The Kier molecular flexibility index (Phi) is 10.2. The zero-order valence-corrected chi connectivity index (χ0v) is 30.4. The first kappa shape index (κ1) is 35.7. The molecular weight excluding hydrogens is 676 g/mol. The van der Waals surface area contributed by atoms with Gasteiger partial charge in [-0.2, -0.15) is 0 Å². The lowest BCUT2D eigenvalue weighted by Gasteiger charge is -2.37. The number of piperidine rings is 1. The minimum atomic E-state index is -0.685. The normalized spacial score (nSPS) is 21.7. The molecule has 0 bridgehead atoms. The van der Waals surface area contributed by atoms with Crippen molar-refractivity contribution >= 4 is 24.0 Å². The molecule has 2 aromatic heterocycles. The summed E-state index contributed by atoms with van der Waals surface area (Å²) in [4.78, 5) is 70.5. The fraction of sp³-hybridized carbons (Fsp3) is 0.436. The van der Waals surface area contributed by atoms with Gasteiger partial charge in [0.1, 0.15) is 23.7 Å². The predicted molar refractivity (Wildman–Crippen MR) is 196 cm³/mol. The fourth-order valence-electron chi connectivity index (χ4n) is 7.95. The molecule has 0 aliphatic carbocycles. The van der Waals surface area contributed by atoms with E-state index in [1.807, 2.05) is 24.9 Å². The van der Waals surface area contributed by atoms with Gasteiger partial charge in [-0.05, 0) is 66.7 Å². The van der Waals surface area contributed by atoms with Crippen molar-refractivity contribution in [3.63, 3.8) is 0 Å². The highest BCUT2D eigenvalue weighted by atomic mass is 16.5. The number of alkyl carbamates (subject to hydrolysis) is 2. The molecule has 3 aliphatic rings. The number of ether oxygens (including phenoxy) is 2. The Balaban J connectivity index is 1.00. The Morgan fingerprint density at radius 2 is 1.30 bits per heavy atom. The van der Waals surface area contributed by atoms with Crippen LogP contribution in [0.25, 0.3) is 33.6 Å². The number of hydrogen-bond acceptors (Lipinski definition) is 8. The number of aromatic nitrogens is 4. The van der Waals surface area contributed by atoms with Gasteiger partial charge < -0.3 is 39.9 Å². The molecule has 0 unspecified atom stereocenters. The van der Waals surface area contributed by atoms with Crippen LogP contribution in [0.2, 0.25) is 0 Å². The molecule has 3 aliphatic heterocycles. The van der Waals surface area contributed by atoms with E-state index < -0.39 is 24.3 Å². The van der Waals surface area contributed by atoms with Crippen molar-refractivity contribution in [3.05, 3.63) is 72.6 Å². The van der Waals surface area contributed by atoms with Crippen molar-refractivity contribution in [3.8, 4) is 33.6 Å². The van der Waals surface area contributed by atoms with Gasteiger partial charge in [0.25, 0.3) is 0 Å². The SMILES string of the molecule is COC(=O)N[C@H](C(=O)N1CCC[C@H]1c1ncc(-c2ccc(-c3ccc(-c4cnc([C@@H]5CC[C@@H]6CC[C@@H](NC(=O)OC)C(=O)N65)[nH]4)cc3)cc2)[nH]1)C(C)C. The molecule has 278 valence electrons. The number of amides is 4. The molecule has 4 amide bonds. The predicted octanol–water partition coefficient (Wildman–Crippen LogP) is 5.73. The van der Waals surface area contributed by atoms with Gasteiger partial charge in [-0.3, -0.25) is 9.59 Å². The minimum absolute atomic E-state index is 0.0889. The van der Waals surface area contributed by atoms with Crippen molar-refractivity contribution in [2.75, 3.05) is 20.8 Å². The second-order valence-electron chi connectivity index (χ2n) is 14.3. The number of carbonyl (C=O) groups is 4. The summed E-state index contributed by atoms with van der Waals surface area (Å²) in [6, 6.07) is 15.0. The van der Waals surface area contributed by atoms with E-state index >= 15 is 0 Å². The van der Waals surface area contributed by atoms with Crippen LogP contribution in [0.4, 0.5) is 9.59 Å². The van der Waals surface area contributed by atoms with Crippen molar-refractivity contribution < 1.29 is 28.7 Å². The molecule has 0 spiro atoms. The number of fused-ring (bicyclic) bond motifs is 1. The van der Waals surface area contributed by atoms with E-state index in [4.69, 9.17) is 9.47 Å². The standard InChI is InChI=1S/C39H46N8O6/c1-22(2)33(45-39(51)53-4)37(49)46-19-5-6-31(46)34-40-20-29(42-34)25-11-7-23(8-12-25)24-9-13-26(14-10-24)30-21-41-35(43-30)32-18-16-27-15-17-28(36(48)47(27)32)44-38(50)52-3/h7-14,20-22,27-28,31-33H,5-6,15-19H2,1-4H3,(H,40,42)(H,41,43)(H,44,50)(H,45,51)/t27-,28+,31-,32-,33-/m0/s1. The summed E-state index contributed by atoms with van der Waals surface area (Å²) in [5.74, 6) is 1.14. The van der Waals surface area contributed by atoms with E-state index in [2.05, 4.69) is 79.1 Å². The molecule has 4 aromatic rings. The van der Waals surface area contributed by atoms with E-state index in [-0.39, 0.29) is 35.9 Å². The Morgan fingerprint density at radius 1 is 0.755 bits per heavy atom. The summed E-state index contributed by atoms with van der Waals surface area (Å²) in [7, 11) is 2.59. The first-order valence-electron chi connectivity index (χ1n) is 18.3. The van der Waals surface area contributed by atoms with Crippen LogP contribution >= 0.6 is 0 Å². The van der Waals surface area contributed by atoms with Crippen LogP contribution in [0.3, 0.4) is 0 Å². The second kappa shape index (κ2) is 15.1. The van der Waals surface area contributed by atoms with Crippen molar-refractivity contribution in [2.45, 2.75) is 82.6 Å². The average Bonchev–Trinajstić information content (AvgIpc) is 4.01. The number of rotatable bonds is 9. The number of methoxy groups -OCH3 is 2. The lowest BCUT2D eigenvalue weighted by molar-refractivity contribution is -0.139. The molecule has 53 heavy (non-hydrogen) atoms. The van der Waals surface area contributed by atoms with Crippen LogP contribution in [0.15, 0.2) is 60.9 Å². The summed E-state index contributed by atoms with van der Waals surface area (Å²) in [6.45, 7) is 4.40. The van der Waals surface area contributed by atoms with Crippen LogP contribution in [-0.2, 0) is 19.1 Å². The Morgan fingerprint density at radius 3 is 1.87 bits per heavy atom. The highest BCUT2D eigenvalue weighted by molar-refractivity contribution is 5.87. The molecule has 7 rings (SSSR count). The topological polar surface area (TPSA) is 175 Å². The number of carbonyl (C=O) groups excluding carboxylic acids is 4. The molecule has 0 radical (unpaired) electrons. The average molecular weight is 723 g/mol. The summed E-state index contributed by atoms with van der Waals surface area (Å²) in [5, 5.41) is 5.37. The van der Waals surface area contributed by atoms with E-state index in [1.165, 1.54) is 14.2 Å². The smallest absolute Gasteiger partial charge is 0.407 e. The maximum Gasteiger partial charge on any atom is 0.407 e. The number of hydrogen-bond donors (Lipinski definition) is 4. The highest BCUT2D eigenvalue weighted by Crippen LogP contribution is 2.41. The highest BCUT2D eigenvalue weighted by Gasteiger charge is 2.45. The van der Waals surface area contributed by atoms with E-state index in [0.717, 1.165) is 77.4 Å². The number of imidazole rings is 2. The van der Waals surface area contributed by atoms with Gasteiger partial charge in [0.2, 0.25) is 11.8 Å². The number of H-pyrrole nitrogens is 2. The minimum Gasteiger partial charge on any atom is -0.453 e. The molecule has 14 nitrogen and oxygen atoms in total. The first-order valence-corrected chi connectivity index (χ1v) is 18.3. The largest absolute Gasteiger partial charge is 0.453 e. The number of benzene rings is 2. The van der Waals surface area contributed by atoms with Crippen LogP contribution in [0, 0.1) is 5.92 Å². The molecule has 4 N–H and O–H groups in total. The third-order valence-electron chi connectivity index (χ3n) is 10.8. The van der Waals surface area contributed by atoms with Gasteiger partial charge >= 0.3 is 12.2 Å². The fourth-order valence-corrected chi connectivity index (χ4v) is 7.95. The van der Waals surface area contributed by atoms with Crippen molar-refractivity contribution in [2.24, 2.45) is 5.92 Å². The molecule has 3 saturated heterocycles. The third kappa shape index (κ3) is 7.22. The van der Waals surface area contributed by atoms with Crippen LogP contribution in [0.5, 0.6) is 0 Å². The zero-order valence-electron chi connectivity index (χ0n) is 30.4. The molecule has 5 atom stereocenters. The van der Waals surface area contributed by atoms with Gasteiger partial charge in [0.15, 0.2) is 0 Å². The molecule has 3 fully saturated rings. The Hall–Kier alpha value is -5.66. The monoisotopic (exact) mass is 722 g/mol. The number of nitrogens with one attached hydrogen (secondary N) is 4. The summed E-state index contributed by atoms with van der Waals surface area (Å²) < 4.78 is 9.47. The zero-order chi connectivity index (χ0) is 37.2. The lowest BCUT2D eigenvalue weighted by atomic mass is 9.98. The third-order valence-corrected chi connectivity index (χ3v) is 10.8. The Labute approximate surface area is 308 Å². The van der Waals surface area contributed by atoms with Gasteiger partial charge in [-0.25, -0.2) is 19.6 Å².